The van der Waals surface area contributed by atoms with Gasteiger partial charge >= 0.3 is 0 Å². The molecule has 0 amide bonds. The highest BCUT2D eigenvalue weighted by molar-refractivity contribution is 7.89. The van der Waals surface area contributed by atoms with Gasteiger partial charge in [-0.05, 0) is 24.3 Å². The van der Waals surface area contributed by atoms with Gasteiger partial charge in [0, 0.05) is 0 Å². The highest BCUT2D eigenvalue weighted by Gasteiger charge is 2.17. The molecule has 6 nitrogen and oxygen atoms in total. The average Bonchev–Trinajstić information content (AvgIpc) is 2.64. The molecule has 0 aromatic heterocycles. The lowest BCUT2D eigenvalue weighted by Gasteiger charge is -2.08. The largest absolute Gasteiger partial charge is 0.495 e. The number of methoxy groups -OCH3 is 2. The first kappa shape index (κ1) is 18.6. The van der Waals surface area contributed by atoms with Crippen LogP contribution in [0.25, 0.3) is 0 Å². The summed E-state index contributed by atoms with van der Waals surface area (Å²) in [5.41, 5.74) is 0. The Labute approximate surface area is 147 Å². The van der Waals surface area contributed by atoms with E-state index in [0.717, 1.165) is 0 Å². The van der Waals surface area contributed by atoms with Crippen LogP contribution in [0.1, 0.15) is 0 Å². The molecule has 0 heterocycles. The molecule has 7 heteroatoms. The number of benzene rings is 2. The van der Waals surface area contributed by atoms with Crippen LogP contribution in [0.5, 0.6) is 17.2 Å². The molecular weight excluding hydrogens is 342 g/mol. The third kappa shape index (κ3) is 5.14. The fraction of sp³-hybridized carbons (Fsp3) is 0.222. The maximum Gasteiger partial charge on any atom is 0.245 e. The Hall–Kier alpha value is -2.69. The Balaban J connectivity index is 1.89. The number of sulfonamides is 1. The van der Waals surface area contributed by atoms with E-state index in [1.807, 2.05) is 12.1 Å². The lowest BCUT2D eigenvalue weighted by atomic mass is 10.3. The minimum atomic E-state index is -3.69. The van der Waals surface area contributed by atoms with Crippen molar-refractivity contribution in [2.24, 2.45) is 0 Å². The van der Waals surface area contributed by atoms with E-state index in [1.54, 1.807) is 37.4 Å². The molecule has 0 saturated heterocycles. The van der Waals surface area contributed by atoms with Gasteiger partial charge in [-0.3, -0.25) is 0 Å². The molecule has 2 rings (SSSR count). The molecule has 132 valence electrons. The molecule has 0 unspecified atom stereocenters. The SMILES string of the molecule is COc1ccccc1OCC#CCNS(=O)(=O)c1ccccc1OC. The molecule has 1 N–H and O–H groups in total. The van der Waals surface area contributed by atoms with Crippen molar-refractivity contribution in [1.29, 1.82) is 0 Å². The van der Waals surface area contributed by atoms with Crippen LogP contribution >= 0.6 is 0 Å². The number of hydrogen-bond acceptors (Lipinski definition) is 5. The summed E-state index contributed by atoms with van der Waals surface area (Å²) in [4.78, 5) is 0.0737. The molecule has 2 aromatic carbocycles. The van der Waals surface area contributed by atoms with Crippen LogP contribution < -0.4 is 18.9 Å². The summed E-state index contributed by atoms with van der Waals surface area (Å²) in [5, 5.41) is 0. The molecule has 0 radical (unpaired) electrons. The summed E-state index contributed by atoms with van der Waals surface area (Å²) >= 11 is 0. The number of para-hydroxylation sites is 3. The Morgan fingerprint density at radius 2 is 1.48 bits per heavy atom. The molecular formula is C18H19NO5S. The first-order valence-electron chi connectivity index (χ1n) is 7.42. The normalized spacial score (nSPS) is 10.5. The maximum absolute atomic E-state index is 12.2. The van der Waals surface area contributed by atoms with Crippen molar-refractivity contribution in [2.45, 2.75) is 4.90 Å². The standard InChI is InChI=1S/C18H19NO5S/c1-22-15-9-3-4-10-16(15)24-14-8-7-13-19-25(20,21)18-12-6-5-11-17(18)23-2/h3-6,9-12,19H,13-14H2,1-2H3. The molecule has 25 heavy (non-hydrogen) atoms. The van der Waals surface area contributed by atoms with Crippen molar-refractivity contribution in [1.82, 2.24) is 4.72 Å². The minimum absolute atomic E-state index is 0.0321. The predicted molar refractivity (Wildman–Crippen MR) is 94.4 cm³/mol. The van der Waals surface area contributed by atoms with Gasteiger partial charge in [0.15, 0.2) is 11.5 Å². The van der Waals surface area contributed by atoms with Gasteiger partial charge in [-0.25, -0.2) is 8.42 Å². The average molecular weight is 361 g/mol. The topological polar surface area (TPSA) is 73.9 Å². The molecule has 2 aromatic rings. The highest BCUT2D eigenvalue weighted by Crippen LogP contribution is 2.25. The molecule has 0 saturated carbocycles. The van der Waals surface area contributed by atoms with E-state index in [2.05, 4.69) is 16.6 Å². The van der Waals surface area contributed by atoms with Crippen molar-refractivity contribution >= 4 is 10.0 Å². The summed E-state index contributed by atoms with van der Waals surface area (Å²) < 4.78 is 42.6. The molecule has 0 aliphatic carbocycles. The van der Waals surface area contributed by atoms with Gasteiger partial charge in [0.2, 0.25) is 10.0 Å². The Morgan fingerprint density at radius 1 is 0.880 bits per heavy atom. The van der Waals surface area contributed by atoms with Gasteiger partial charge in [-0.2, -0.15) is 4.72 Å². The summed E-state index contributed by atoms with van der Waals surface area (Å²) in [6.45, 7) is 0.0897. The van der Waals surface area contributed by atoms with Crippen molar-refractivity contribution in [3.05, 3.63) is 48.5 Å². The molecule has 0 aliphatic heterocycles. The second kappa shape index (κ2) is 8.97. The first-order chi connectivity index (χ1) is 12.1. The Bertz CT molecular complexity index is 868. The van der Waals surface area contributed by atoms with Crippen LogP contribution in [0.4, 0.5) is 0 Å². The van der Waals surface area contributed by atoms with E-state index in [0.29, 0.717) is 11.5 Å². The van der Waals surface area contributed by atoms with Crippen LogP contribution in [0.15, 0.2) is 53.4 Å². The van der Waals surface area contributed by atoms with E-state index in [-0.39, 0.29) is 23.8 Å². The number of ether oxygens (including phenoxy) is 3. The highest BCUT2D eigenvalue weighted by atomic mass is 32.2. The molecule has 0 aliphatic rings. The summed E-state index contributed by atoms with van der Waals surface area (Å²) in [7, 11) is -0.715. The summed E-state index contributed by atoms with van der Waals surface area (Å²) in [6.07, 6.45) is 0. The van der Waals surface area contributed by atoms with Gasteiger partial charge in [-0.15, -0.1) is 0 Å². The quantitative estimate of drug-likeness (QED) is 0.764. The molecule has 0 atom stereocenters. The monoisotopic (exact) mass is 361 g/mol. The lowest BCUT2D eigenvalue weighted by molar-refractivity contribution is 0.331. The van der Waals surface area contributed by atoms with Crippen molar-refractivity contribution in [2.75, 3.05) is 27.4 Å². The zero-order valence-corrected chi connectivity index (χ0v) is 14.8. The van der Waals surface area contributed by atoms with Crippen molar-refractivity contribution in [3.8, 4) is 29.1 Å². The zero-order chi connectivity index (χ0) is 18.1. The van der Waals surface area contributed by atoms with E-state index in [4.69, 9.17) is 14.2 Å². The Kier molecular flexibility index (Phi) is 6.69. The molecule has 0 fully saturated rings. The number of nitrogens with one attached hydrogen (secondary N) is 1. The third-order valence-electron chi connectivity index (χ3n) is 3.20. The van der Waals surface area contributed by atoms with E-state index in [1.165, 1.54) is 13.2 Å². The fourth-order valence-corrected chi connectivity index (χ4v) is 3.11. The lowest BCUT2D eigenvalue weighted by Crippen LogP contribution is -2.24. The summed E-state index contributed by atoms with van der Waals surface area (Å²) in [6, 6.07) is 13.6. The smallest absolute Gasteiger partial charge is 0.245 e. The second-order valence-corrected chi connectivity index (χ2v) is 6.50. The number of hydrogen-bond donors (Lipinski definition) is 1. The van der Waals surface area contributed by atoms with Crippen LogP contribution in [-0.2, 0) is 10.0 Å². The van der Waals surface area contributed by atoms with Gasteiger partial charge in [0.1, 0.15) is 17.3 Å². The third-order valence-corrected chi connectivity index (χ3v) is 4.64. The second-order valence-electron chi connectivity index (χ2n) is 4.77. The minimum Gasteiger partial charge on any atom is -0.495 e. The van der Waals surface area contributed by atoms with E-state index in [9.17, 15) is 8.42 Å². The zero-order valence-electron chi connectivity index (χ0n) is 14.0. The molecule has 0 spiro atoms. The first-order valence-corrected chi connectivity index (χ1v) is 8.91. The van der Waals surface area contributed by atoms with Crippen LogP contribution in [0.2, 0.25) is 0 Å². The number of rotatable bonds is 7. The van der Waals surface area contributed by atoms with E-state index >= 15 is 0 Å². The molecule has 0 bridgehead atoms. The van der Waals surface area contributed by atoms with Crippen LogP contribution in [0.3, 0.4) is 0 Å². The summed E-state index contributed by atoms with van der Waals surface area (Å²) in [5.74, 6) is 6.93. The van der Waals surface area contributed by atoms with Crippen molar-refractivity contribution in [3.63, 3.8) is 0 Å². The Morgan fingerprint density at radius 3 is 2.16 bits per heavy atom. The van der Waals surface area contributed by atoms with Crippen molar-refractivity contribution < 1.29 is 22.6 Å². The van der Waals surface area contributed by atoms with Gasteiger partial charge in [0.05, 0.1) is 20.8 Å². The van der Waals surface area contributed by atoms with Gasteiger partial charge < -0.3 is 14.2 Å². The predicted octanol–water partition coefficient (Wildman–Crippen LogP) is 2.06. The maximum atomic E-state index is 12.2. The van der Waals surface area contributed by atoms with Crippen LogP contribution in [0, 0.1) is 11.8 Å². The van der Waals surface area contributed by atoms with E-state index < -0.39 is 10.0 Å². The fourth-order valence-electron chi connectivity index (χ4n) is 2.02. The van der Waals surface area contributed by atoms with Gasteiger partial charge in [-0.1, -0.05) is 36.1 Å². The van der Waals surface area contributed by atoms with Gasteiger partial charge in [0.25, 0.3) is 0 Å². The van der Waals surface area contributed by atoms with Crippen LogP contribution in [-0.4, -0.2) is 35.8 Å².